The number of likely N-dealkylation sites (N-methyl/N-ethyl adjacent to an activating group) is 1. The lowest BCUT2D eigenvalue weighted by Crippen LogP contribution is -2.38. The SMILES string of the molecule is CN(CC(=O)N1CCCC1c1cccs1)Cc1ccc(Br)s1. The Bertz CT molecular complexity index is 626. The molecule has 0 spiro atoms. The summed E-state index contributed by atoms with van der Waals surface area (Å²) in [7, 11) is 2.02. The summed E-state index contributed by atoms with van der Waals surface area (Å²) in [6.45, 7) is 2.19. The van der Waals surface area contributed by atoms with Crippen LogP contribution in [-0.4, -0.2) is 35.8 Å². The summed E-state index contributed by atoms with van der Waals surface area (Å²) < 4.78 is 1.14. The summed E-state index contributed by atoms with van der Waals surface area (Å²) in [4.78, 5) is 19.4. The Morgan fingerprint density at radius 3 is 3.00 bits per heavy atom. The molecule has 3 heterocycles. The second-order valence-electron chi connectivity index (χ2n) is 5.64. The van der Waals surface area contributed by atoms with E-state index in [4.69, 9.17) is 0 Å². The van der Waals surface area contributed by atoms with Gasteiger partial charge in [-0.15, -0.1) is 22.7 Å². The van der Waals surface area contributed by atoms with Crippen molar-refractivity contribution in [1.82, 2.24) is 9.80 Å². The molecule has 0 radical (unpaired) electrons. The molecule has 3 nitrogen and oxygen atoms in total. The Labute approximate surface area is 147 Å². The van der Waals surface area contributed by atoms with Crippen LogP contribution in [0.25, 0.3) is 0 Å². The summed E-state index contributed by atoms with van der Waals surface area (Å²) >= 11 is 6.96. The molecule has 1 fully saturated rings. The van der Waals surface area contributed by atoms with Gasteiger partial charge in [0, 0.05) is 22.8 Å². The Hall–Kier alpha value is -0.690. The average molecular weight is 399 g/mol. The number of nitrogens with zero attached hydrogens (tertiary/aromatic N) is 2. The summed E-state index contributed by atoms with van der Waals surface area (Å²) in [5, 5.41) is 2.09. The first-order valence-corrected chi connectivity index (χ1v) is 9.88. The van der Waals surface area contributed by atoms with Crippen molar-refractivity contribution >= 4 is 44.5 Å². The predicted molar refractivity (Wildman–Crippen MR) is 96.4 cm³/mol. The first-order chi connectivity index (χ1) is 10.6. The van der Waals surface area contributed by atoms with Crippen LogP contribution in [0.3, 0.4) is 0 Å². The second kappa shape index (κ2) is 7.25. The maximum Gasteiger partial charge on any atom is 0.237 e. The zero-order valence-corrected chi connectivity index (χ0v) is 15.7. The zero-order chi connectivity index (χ0) is 15.5. The lowest BCUT2D eigenvalue weighted by molar-refractivity contribution is -0.133. The van der Waals surface area contributed by atoms with Crippen molar-refractivity contribution in [3.05, 3.63) is 43.2 Å². The summed E-state index contributed by atoms with van der Waals surface area (Å²) in [6, 6.07) is 8.68. The normalized spacial score (nSPS) is 18.3. The Kier molecular flexibility index (Phi) is 5.33. The number of halogens is 1. The number of carbonyl (C=O) groups excluding carboxylic acids is 1. The molecule has 1 aliphatic heterocycles. The Morgan fingerprint density at radius 2 is 2.32 bits per heavy atom. The average Bonchev–Trinajstić information content (AvgIpc) is 3.17. The van der Waals surface area contributed by atoms with Crippen molar-refractivity contribution in [3.8, 4) is 0 Å². The number of likely N-dealkylation sites (tertiary alicyclic amines) is 1. The molecule has 0 aliphatic carbocycles. The highest BCUT2D eigenvalue weighted by Gasteiger charge is 2.30. The smallest absolute Gasteiger partial charge is 0.237 e. The molecule has 1 atom stereocenters. The van der Waals surface area contributed by atoms with Crippen molar-refractivity contribution in [2.24, 2.45) is 0 Å². The van der Waals surface area contributed by atoms with E-state index in [1.54, 1.807) is 22.7 Å². The van der Waals surface area contributed by atoms with Gasteiger partial charge >= 0.3 is 0 Å². The van der Waals surface area contributed by atoms with Crippen LogP contribution in [0.5, 0.6) is 0 Å². The van der Waals surface area contributed by atoms with Gasteiger partial charge < -0.3 is 4.90 Å². The molecular weight excluding hydrogens is 380 g/mol. The summed E-state index contributed by atoms with van der Waals surface area (Å²) in [5.41, 5.74) is 0. The number of hydrogen-bond donors (Lipinski definition) is 0. The van der Waals surface area contributed by atoms with Crippen LogP contribution in [-0.2, 0) is 11.3 Å². The van der Waals surface area contributed by atoms with Gasteiger partial charge in [0.05, 0.1) is 16.4 Å². The second-order valence-corrected chi connectivity index (χ2v) is 9.17. The zero-order valence-electron chi connectivity index (χ0n) is 12.5. The van der Waals surface area contributed by atoms with E-state index in [0.717, 1.165) is 29.7 Å². The molecule has 0 saturated carbocycles. The van der Waals surface area contributed by atoms with Gasteiger partial charge in [0.2, 0.25) is 5.91 Å². The fourth-order valence-electron chi connectivity index (χ4n) is 2.92. The molecule has 3 rings (SSSR count). The van der Waals surface area contributed by atoms with Crippen molar-refractivity contribution in [2.75, 3.05) is 20.1 Å². The number of amides is 1. The first kappa shape index (κ1) is 16.2. The van der Waals surface area contributed by atoms with E-state index in [1.807, 2.05) is 7.05 Å². The summed E-state index contributed by atoms with van der Waals surface area (Å²) in [5.74, 6) is 0.244. The van der Waals surface area contributed by atoms with Crippen LogP contribution in [0.15, 0.2) is 33.4 Å². The van der Waals surface area contributed by atoms with Gasteiger partial charge in [-0.25, -0.2) is 0 Å². The maximum absolute atomic E-state index is 12.6. The lowest BCUT2D eigenvalue weighted by atomic mass is 10.2. The van der Waals surface area contributed by atoms with Crippen LogP contribution in [0.4, 0.5) is 0 Å². The van der Waals surface area contributed by atoms with E-state index >= 15 is 0 Å². The van der Waals surface area contributed by atoms with Crippen LogP contribution in [0, 0.1) is 0 Å². The van der Waals surface area contributed by atoms with Crippen molar-refractivity contribution in [2.45, 2.75) is 25.4 Å². The van der Waals surface area contributed by atoms with Gasteiger partial charge in [-0.2, -0.15) is 0 Å². The Balaban J connectivity index is 1.59. The highest BCUT2D eigenvalue weighted by atomic mass is 79.9. The van der Waals surface area contributed by atoms with E-state index < -0.39 is 0 Å². The van der Waals surface area contributed by atoms with Crippen LogP contribution < -0.4 is 0 Å². The van der Waals surface area contributed by atoms with Crippen molar-refractivity contribution in [1.29, 1.82) is 0 Å². The fourth-order valence-corrected chi connectivity index (χ4v) is 5.36. The van der Waals surface area contributed by atoms with E-state index in [1.165, 1.54) is 9.75 Å². The molecule has 2 aromatic rings. The summed E-state index contributed by atoms with van der Waals surface area (Å²) in [6.07, 6.45) is 2.20. The highest BCUT2D eigenvalue weighted by Crippen LogP contribution is 2.34. The quantitative estimate of drug-likeness (QED) is 0.746. The van der Waals surface area contributed by atoms with Crippen LogP contribution >= 0.6 is 38.6 Å². The fraction of sp³-hybridized carbons (Fsp3) is 0.438. The number of carbonyl (C=O) groups is 1. The third kappa shape index (κ3) is 3.79. The topological polar surface area (TPSA) is 23.6 Å². The Morgan fingerprint density at radius 1 is 1.45 bits per heavy atom. The number of thiophene rings is 2. The van der Waals surface area contributed by atoms with Gasteiger partial charge in [0.25, 0.3) is 0 Å². The molecule has 2 aromatic heterocycles. The molecule has 118 valence electrons. The monoisotopic (exact) mass is 398 g/mol. The minimum Gasteiger partial charge on any atom is -0.334 e. The lowest BCUT2D eigenvalue weighted by Gasteiger charge is -2.26. The first-order valence-electron chi connectivity index (χ1n) is 7.39. The molecule has 0 bridgehead atoms. The molecular formula is C16H19BrN2OS2. The van der Waals surface area contributed by atoms with E-state index in [0.29, 0.717) is 6.54 Å². The van der Waals surface area contributed by atoms with E-state index in [-0.39, 0.29) is 11.9 Å². The highest BCUT2D eigenvalue weighted by molar-refractivity contribution is 9.11. The molecule has 1 aliphatic rings. The van der Waals surface area contributed by atoms with Gasteiger partial charge in [0.15, 0.2) is 0 Å². The minimum absolute atomic E-state index is 0.244. The van der Waals surface area contributed by atoms with Gasteiger partial charge in [-0.3, -0.25) is 9.69 Å². The van der Waals surface area contributed by atoms with Gasteiger partial charge in [-0.1, -0.05) is 6.07 Å². The van der Waals surface area contributed by atoms with Gasteiger partial charge in [-0.05, 0) is 59.4 Å². The third-order valence-electron chi connectivity index (χ3n) is 3.90. The predicted octanol–water partition coefficient (Wildman–Crippen LogP) is 4.37. The van der Waals surface area contributed by atoms with E-state index in [2.05, 4.69) is 55.4 Å². The molecule has 0 aromatic carbocycles. The molecule has 1 unspecified atom stereocenters. The molecule has 0 N–H and O–H groups in total. The largest absolute Gasteiger partial charge is 0.334 e. The minimum atomic E-state index is 0.244. The number of rotatable bonds is 5. The van der Waals surface area contributed by atoms with Crippen LogP contribution in [0.2, 0.25) is 0 Å². The van der Waals surface area contributed by atoms with Crippen molar-refractivity contribution < 1.29 is 4.79 Å². The standard InChI is InChI=1S/C16H19BrN2OS2/c1-18(10-12-6-7-15(17)22-12)11-16(20)19-8-2-4-13(19)14-5-3-9-21-14/h3,5-7,9,13H,2,4,8,10-11H2,1H3. The van der Waals surface area contributed by atoms with Crippen molar-refractivity contribution in [3.63, 3.8) is 0 Å². The molecule has 6 heteroatoms. The maximum atomic E-state index is 12.6. The van der Waals surface area contributed by atoms with Gasteiger partial charge in [0.1, 0.15) is 0 Å². The van der Waals surface area contributed by atoms with Crippen LogP contribution in [0.1, 0.15) is 28.6 Å². The molecule has 22 heavy (non-hydrogen) atoms. The van der Waals surface area contributed by atoms with E-state index in [9.17, 15) is 4.79 Å². The third-order valence-corrected chi connectivity index (χ3v) is 6.49. The number of hydrogen-bond acceptors (Lipinski definition) is 4. The molecule has 1 amide bonds. The molecule has 1 saturated heterocycles.